The van der Waals surface area contributed by atoms with Crippen molar-refractivity contribution in [3.05, 3.63) is 11.6 Å². The Bertz CT molecular complexity index is 329. The summed E-state index contributed by atoms with van der Waals surface area (Å²) in [5.74, 6) is -0.373. The molecule has 0 amide bonds. The Morgan fingerprint density at radius 3 is 2.50 bits per heavy atom. The van der Waals surface area contributed by atoms with Crippen LogP contribution in [0.3, 0.4) is 0 Å². The third-order valence-electron chi connectivity index (χ3n) is 3.26. The van der Waals surface area contributed by atoms with Crippen LogP contribution in [-0.2, 0) is 19.0 Å². The highest BCUT2D eigenvalue weighted by atomic mass is 19.1. The van der Waals surface area contributed by atoms with Crippen LogP contribution in [0, 0.1) is 5.92 Å². The summed E-state index contributed by atoms with van der Waals surface area (Å²) in [6.45, 7) is 8.65. The van der Waals surface area contributed by atoms with Crippen LogP contribution in [0.5, 0.6) is 0 Å². The zero-order valence-corrected chi connectivity index (χ0v) is 12.7. The van der Waals surface area contributed by atoms with E-state index in [1.54, 1.807) is 6.08 Å². The van der Waals surface area contributed by atoms with E-state index in [1.165, 1.54) is 6.92 Å². The molecule has 2 atom stereocenters. The van der Waals surface area contributed by atoms with Crippen molar-refractivity contribution in [1.29, 1.82) is 0 Å². The molecular formula is C15H25FO4. The van der Waals surface area contributed by atoms with Gasteiger partial charge in [-0.15, -0.1) is 0 Å². The molecule has 1 heterocycles. The van der Waals surface area contributed by atoms with Gasteiger partial charge in [0.25, 0.3) is 0 Å². The SMILES string of the molecule is CCC(/C=C(/C=O)C(C)F)OCC1COC(C)(C)OC1. The number of aldehydes is 1. The second kappa shape index (κ2) is 7.86. The van der Waals surface area contributed by atoms with Gasteiger partial charge in [-0.1, -0.05) is 6.92 Å². The molecule has 2 unspecified atom stereocenters. The van der Waals surface area contributed by atoms with E-state index in [4.69, 9.17) is 14.2 Å². The van der Waals surface area contributed by atoms with Gasteiger partial charge in [-0.2, -0.15) is 0 Å². The van der Waals surface area contributed by atoms with E-state index >= 15 is 0 Å². The summed E-state index contributed by atoms with van der Waals surface area (Å²) in [5, 5.41) is 0. The van der Waals surface area contributed by atoms with Crippen molar-refractivity contribution in [1.82, 2.24) is 0 Å². The number of allylic oxidation sites excluding steroid dienone is 1. The number of carbonyl (C=O) groups is 1. The first-order chi connectivity index (χ1) is 9.38. The zero-order chi connectivity index (χ0) is 15.2. The van der Waals surface area contributed by atoms with Gasteiger partial charge >= 0.3 is 0 Å². The molecule has 1 aliphatic heterocycles. The molecule has 0 N–H and O–H groups in total. The minimum Gasteiger partial charge on any atom is -0.374 e. The van der Waals surface area contributed by atoms with E-state index in [2.05, 4.69) is 0 Å². The zero-order valence-electron chi connectivity index (χ0n) is 12.7. The van der Waals surface area contributed by atoms with Crippen molar-refractivity contribution in [2.24, 2.45) is 5.92 Å². The van der Waals surface area contributed by atoms with Crippen LogP contribution in [0.2, 0.25) is 0 Å². The third-order valence-corrected chi connectivity index (χ3v) is 3.26. The number of hydrogen-bond donors (Lipinski definition) is 0. The molecule has 0 aliphatic carbocycles. The predicted molar refractivity (Wildman–Crippen MR) is 74.2 cm³/mol. The van der Waals surface area contributed by atoms with E-state index in [0.29, 0.717) is 32.5 Å². The van der Waals surface area contributed by atoms with Crippen molar-refractivity contribution < 1.29 is 23.4 Å². The summed E-state index contributed by atoms with van der Waals surface area (Å²) in [6, 6.07) is 0. The quantitative estimate of drug-likeness (QED) is 0.533. The molecule has 0 radical (unpaired) electrons. The van der Waals surface area contributed by atoms with Crippen molar-refractivity contribution >= 4 is 6.29 Å². The Hall–Kier alpha value is -0.780. The fourth-order valence-electron chi connectivity index (χ4n) is 1.85. The topological polar surface area (TPSA) is 44.8 Å². The van der Waals surface area contributed by atoms with Gasteiger partial charge in [0.05, 0.1) is 25.9 Å². The van der Waals surface area contributed by atoms with Crippen LogP contribution in [0.4, 0.5) is 4.39 Å². The molecule has 0 aromatic heterocycles. The highest BCUT2D eigenvalue weighted by molar-refractivity contribution is 5.74. The van der Waals surface area contributed by atoms with Crippen LogP contribution >= 0.6 is 0 Å². The minimum atomic E-state index is -1.27. The molecule has 1 fully saturated rings. The van der Waals surface area contributed by atoms with Crippen molar-refractivity contribution in [3.63, 3.8) is 0 Å². The average molecular weight is 288 g/mol. The molecule has 0 bridgehead atoms. The Labute approximate surface area is 120 Å². The normalized spacial score (nSPS) is 23.4. The van der Waals surface area contributed by atoms with E-state index < -0.39 is 12.0 Å². The smallest absolute Gasteiger partial charge is 0.162 e. The van der Waals surface area contributed by atoms with Crippen molar-refractivity contribution in [2.45, 2.75) is 52.2 Å². The first-order valence-electron chi connectivity index (χ1n) is 7.08. The minimum absolute atomic E-state index is 0.133. The fourth-order valence-corrected chi connectivity index (χ4v) is 1.85. The first kappa shape index (κ1) is 17.3. The number of alkyl halides is 1. The monoisotopic (exact) mass is 288 g/mol. The molecule has 0 saturated carbocycles. The van der Waals surface area contributed by atoms with E-state index in [9.17, 15) is 9.18 Å². The molecule has 0 aromatic rings. The van der Waals surface area contributed by atoms with Gasteiger partial charge in [-0.05, 0) is 33.3 Å². The molecule has 0 spiro atoms. The van der Waals surface area contributed by atoms with Crippen LogP contribution < -0.4 is 0 Å². The van der Waals surface area contributed by atoms with E-state index in [1.807, 2.05) is 20.8 Å². The largest absolute Gasteiger partial charge is 0.374 e. The molecule has 1 aliphatic rings. The summed E-state index contributed by atoms with van der Waals surface area (Å²) in [4.78, 5) is 10.8. The van der Waals surface area contributed by atoms with Gasteiger partial charge in [-0.3, -0.25) is 4.79 Å². The average Bonchev–Trinajstić information content (AvgIpc) is 2.40. The first-order valence-corrected chi connectivity index (χ1v) is 7.08. The molecule has 4 nitrogen and oxygen atoms in total. The summed E-state index contributed by atoms with van der Waals surface area (Å²) in [5.41, 5.74) is 0.133. The lowest BCUT2D eigenvalue weighted by atomic mass is 10.1. The number of hydrogen-bond acceptors (Lipinski definition) is 4. The Kier molecular flexibility index (Phi) is 6.79. The number of carbonyl (C=O) groups excluding carboxylic acids is 1. The second-order valence-electron chi connectivity index (χ2n) is 5.57. The molecule has 0 aromatic carbocycles. The highest BCUT2D eigenvalue weighted by Crippen LogP contribution is 2.21. The van der Waals surface area contributed by atoms with Crippen LogP contribution in [0.15, 0.2) is 11.6 Å². The number of rotatable bonds is 7. The van der Waals surface area contributed by atoms with Gasteiger partial charge < -0.3 is 14.2 Å². The summed E-state index contributed by atoms with van der Waals surface area (Å²) >= 11 is 0. The summed E-state index contributed by atoms with van der Waals surface area (Å²) < 4.78 is 30.0. The lowest BCUT2D eigenvalue weighted by Gasteiger charge is -2.35. The van der Waals surface area contributed by atoms with E-state index in [-0.39, 0.29) is 17.6 Å². The standard InChI is InChI=1S/C15H25FO4/c1-5-14(6-13(7-17)11(2)16)18-8-12-9-19-15(3,4)20-10-12/h6-7,11-12,14H,5,8-10H2,1-4H3/b13-6-. The van der Waals surface area contributed by atoms with Crippen molar-refractivity contribution in [2.75, 3.05) is 19.8 Å². The number of ether oxygens (including phenoxy) is 3. The summed E-state index contributed by atoms with van der Waals surface area (Å²) in [6.07, 6.45) is 1.26. The molecule has 1 rings (SSSR count). The van der Waals surface area contributed by atoms with Gasteiger partial charge in [0.2, 0.25) is 0 Å². The van der Waals surface area contributed by atoms with E-state index in [0.717, 1.165) is 0 Å². The highest BCUT2D eigenvalue weighted by Gasteiger charge is 2.28. The van der Waals surface area contributed by atoms with Crippen LogP contribution in [-0.4, -0.2) is 44.2 Å². The molecule has 1 saturated heterocycles. The van der Waals surface area contributed by atoms with Crippen LogP contribution in [0.1, 0.15) is 34.1 Å². The molecule has 20 heavy (non-hydrogen) atoms. The fraction of sp³-hybridized carbons (Fsp3) is 0.800. The third kappa shape index (κ3) is 5.69. The lowest BCUT2D eigenvalue weighted by molar-refractivity contribution is -0.267. The van der Waals surface area contributed by atoms with Gasteiger partial charge in [-0.25, -0.2) is 4.39 Å². The Balaban J connectivity index is 2.44. The predicted octanol–water partition coefficient (Wildman–Crippen LogP) is 2.66. The van der Waals surface area contributed by atoms with Crippen LogP contribution in [0.25, 0.3) is 0 Å². The molecule has 5 heteroatoms. The molecule has 116 valence electrons. The second-order valence-corrected chi connectivity index (χ2v) is 5.57. The van der Waals surface area contributed by atoms with Gasteiger partial charge in [0.15, 0.2) is 5.79 Å². The Morgan fingerprint density at radius 1 is 1.45 bits per heavy atom. The lowest BCUT2D eigenvalue weighted by Crippen LogP contribution is -2.41. The van der Waals surface area contributed by atoms with Crippen molar-refractivity contribution in [3.8, 4) is 0 Å². The number of halogens is 1. The maximum Gasteiger partial charge on any atom is 0.162 e. The van der Waals surface area contributed by atoms with Gasteiger partial charge in [0.1, 0.15) is 12.5 Å². The maximum atomic E-state index is 13.1. The van der Waals surface area contributed by atoms with Gasteiger partial charge in [0, 0.05) is 11.5 Å². The maximum absolute atomic E-state index is 13.1. The molecular weight excluding hydrogens is 263 g/mol. The Morgan fingerprint density at radius 2 is 2.05 bits per heavy atom. The summed E-state index contributed by atoms with van der Waals surface area (Å²) in [7, 11) is 0.